The van der Waals surface area contributed by atoms with Crippen LogP contribution in [0.25, 0.3) is 0 Å². The molecule has 0 rings (SSSR count). The standard InChI is InChI=1S/C34H61FN2O5/c1-6-8-9-10-11-12-13-17-23-30(24-18-14-15-20-27-33(39)41-5)37(32(38)26-22-28-36(3)4)29-21-16-19-25-31(35)34(40)42-7-2/h20,25,27,30H,6-19,21-24,26,28-29H2,1-5H3. The SMILES string of the molecule is CCCCCCCCCCC(CCCCC=CC(=O)OC)N(CCCCC=C(F)C(=O)OCC)C(=O)CCCN(C)C. The van der Waals surface area contributed by atoms with Gasteiger partial charge in [-0.1, -0.05) is 70.8 Å². The number of halogens is 1. The summed E-state index contributed by atoms with van der Waals surface area (Å²) in [7, 11) is 5.41. The van der Waals surface area contributed by atoms with Crippen LogP contribution in [0.1, 0.15) is 129 Å². The lowest BCUT2D eigenvalue weighted by Crippen LogP contribution is -2.41. The normalized spacial score (nSPS) is 12.6. The number of rotatable bonds is 27. The average Bonchev–Trinajstić information content (AvgIpc) is 2.96. The molecule has 1 amide bonds. The van der Waals surface area contributed by atoms with Crippen LogP contribution < -0.4 is 0 Å². The van der Waals surface area contributed by atoms with Crippen LogP contribution in [0.3, 0.4) is 0 Å². The molecule has 0 aliphatic heterocycles. The largest absolute Gasteiger partial charge is 0.466 e. The molecule has 0 aliphatic carbocycles. The molecule has 0 saturated carbocycles. The van der Waals surface area contributed by atoms with E-state index in [-0.39, 0.29) is 24.5 Å². The molecule has 244 valence electrons. The highest BCUT2D eigenvalue weighted by Crippen LogP contribution is 2.21. The van der Waals surface area contributed by atoms with Gasteiger partial charge in [0.15, 0.2) is 0 Å². The predicted octanol–water partition coefficient (Wildman–Crippen LogP) is 7.93. The minimum Gasteiger partial charge on any atom is -0.466 e. The molecule has 0 N–H and O–H groups in total. The van der Waals surface area contributed by atoms with E-state index in [0.29, 0.717) is 25.8 Å². The Balaban J connectivity index is 5.24. The number of hydrogen-bond acceptors (Lipinski definition) is 6. The lowest BCUT2D eigenvalue weighted by molar-refractivity contribution is -0.140. The van der Waals surface area contributed by atoms with Crippen LogP contribution in [0.15, 0.2) is 24.1 Å². The van der Waals surface area contributed by atoms with Gasteiger partial charge in [-0.15, -0.1) is 0 Å². The summed E-state index contributed by atoms with van der Waals surface area (Å²) < 4.78 is 23.3. The van der Waals surface area contributed by atoms with Crippen LogP contribution in [0, 0.1) is 0 Å². The van der Waals surface area contributed by atoms with Gasteiger partial charge in [0, 0.05) is 25.1 Å². The molecule has 0 aliphatic rings. The summed E-state index contributed by atoms with van der Waals surface area (Å²) in [6.07, 6.45) is 22.5. The Hall–Kier alpha value is -2.22. The van der Waals surface area contributed by atoms with Crippen molar-refractivity contribution in [3.63, 3.8) is 0 Å². The van der Waals surface area contributed by atoms with E-state index in [2.05, 4.69) is 21.5 Å². The minimum atomic E-state index is -0.915. The van der Waals surface area contributed by atoms with Crippen LogP contribution in [-0.2, 0) is 23.9 Å². The first-order chi connectivity index (χ1) is 20.3. The molecular weight excluding hydrogens is 535 g/mol. The van der Waals surface area contributed by atoms with Crippen molar-refractivity contribution in [1.29, 1.82) is 0 Å². The highest BCUT2D eigenvalue weighted by molar-refractivity contribution is 5.85. The number of nitrogens with zero attached hydrogens (tertiary/aromatic N) is 2. The molecule has 0 heterocycles. The van der Waals surface area contributed by atoms with Crippen LogP contribution in [-0.4, -0.2) is 74.6 Å². The van der Waals surface area contributed by atoms with Crippen LogP contribution >= 0.6 is 0 Å². The Labute approximate surface area is 256 Å². The molecule has 0 aromatic rings. The van der Waals surface area contributed by atoms with Gasteiger partial charge >= 0.3 is 11.9 Å². The van der Waals surface area contributed by atoms with Gasteiger partial charge in [0.25, 0.3) is 0 Å². The predicted molar refractivity (Wildman–Crippen MR) is 170 cm³/mol. The fourth-order valence-electron chi connectivity index (χ4n) is 5.00. The first kappa shape index (κ1) is 39.8. The molecular formula is C34H61FN2O5. The van der Waals surface area contributed by atoms with Crippen molar-refractivity contribution in [2.75, 3.05) is 40.9 Å². The van der Waals surface area contributed by atoms with Gasteiger partial charge in [-0.25, -0.2) is 9.59 Å². The summed E-state index contributed by atoms with van der Waals surface area (Å²) in [5.74, 6) is -1.90. The molecule has 0 fully saturated rings. The zero-order valence-corrected chi connectivity index (χ0v) is 27.5. The van der Waals surface area contributed by atoms with E-state index in [9.17, 15) is 18.8 Å². The van der Waals surface area contributed by atoms with Gasteiger partial charge < -0.3 is 19.3 Å². The van der Waals surface area contributed by atoms with Gasteiger partial charge in [-0.3, -0.25) is 4.79 Å². The van der Waals surface area contributed by atoms with Crippen LogP contribution in [0.5, 0.6) is 0 Å². The summed E-state index contributed by atoms with van der Waals surface area (Å²) in [4.78, 5) is 40.5. The maximum Gasteiger partial charge on any atom is 0.366 e. The molecule has 0 saturated heterocycles. The Bertz CT molecular complexity index is 769. The third-order valence-corrected chi connectivity index (χ3v) is 7.41. The van der Waals surface area contributed by atoms with Crippen LogP contribution in [0.4, 0.5) is 4.39 Å². The number of methoxy groups -OCH3 is 1. The van der Waals surface area contributed by atoms with Gasteiger partial charge in [0.05, 0.1) is 13.7 Å². The molecule has 0 aromatic carbocycles. The number of allylic oxidation sites excluding steroid dienone is 2. The summed E-state index contributed by atoms with van der Waals surface area (Å²) in [5.41, 5.74) is 0. The fraction of sp³-hybridized carbons (Fsp3) is 0.794. The zero-order valence-electron chi connectivity index (χ0n) is 27.5. The monoisotopic (exact) mass is 596 g/mol. The number of carbonyl (C=O) groups excluding carboxylic acids is 3. The second-order valence-corrected chi connectivity index (χ2v) is 11.4. The number of ether oxygens (including phenoxy) is 2. The fourth-order valence-corrected chi connectivity index (χ4v) is 5.00. The Morgan fingerprint density at radius 2 is 1.40 bits per heavy atom. The molecule has 8 heteroatoms. The van der Waals surface area contributed by atoms with E-state index in [1.807, 2.05) is 20.2 Å². The second-order valence-electron chi connectivity index (χ2n) is 11.4. The number of hydrogen-bond donors (Lipinski definition) is 0. The van der Waals surface area contributed by atoms with Crippen molar-refractivity contribution in [3.05, 3.63) is 24.1 Å². The summed E-state index contributed by atoms with van der Waals surface area (Å²) in [6.45, 7) is 5.54. The lowest BCUT2D eigenvalue weighted by Gasteiger charge is -2.33. The van der Waals surface area contributed by atoms with E-state index in [0.717, 1.165) is 57.9 Å². The number of unbranched alkanes of at least 4 members (excludes halogenated alkanes) is 11. The Kier molecular flexibility index (Phi) is 26.1. The third kappa shape index (κ3) is 22.4. The summed E-state index contributed by atoms with van der Waals surface area (Å²) in [6, 6.07) is 0.174. The molecule has 7 nitrogen and oxygen atoms in total. The minimum absolute atomic E-state index is 0.146. The molecule has 42 heavy (non-hydrogen) atoms. The number of carbonyl (C=O) groups is 3. The van der Waals surface area contributed by atoms with Crippen LogP contribution in [0.2, 0.25) is 0 Å². The van der Waals surface area contributed by atoms with Gasteiger partial charge in [0.1, 0.15) is 0 Å². The average molecular weight is 597 g/mol. The first-order valence-corrected chi connectivity index (χ1v) is 16.5. The molecule has 0 bridgehead atoms. The topological polar surface area (TPSA) is 76.1 Å². The Morgan fingerprint density at radius 3 is 2.02 bits per heavy atom. The van der Waals surface area contributed by atoms with Gasteiger partial charge in [0.2, 0.25) is 11.7 Å². The third-order valence-electron chi connectivity index (χ3n) is 7.41. The van der Waals surface area contributed by atoms with Crippen molar-refractivity contribution in [2.24, 2.45) is 0 Å². The molecule has 0 spiro atoms. The van der Waals surface area contributed by atoms with Gasteiger partial charge in [-0.05, 0) is 85.0 Å². The van der Waals surface area contributed by atoms with Crippen molar-refractivity contribution < 1.29 is 28.2 Å². The molecule has 0 radical (unpaired) electrons. The quantitative estimate of drug-likeness (QED) is 0.0544. The Morgan fingerprint density at radius 1 is 0.786 bits per heavy atom. The maximum atomic E-state index is 13.9. The first-order valence-electron chi connectivity index (χ1n) is 16.5. The summed E-state index contributed by atoms with van der Waals surface area (Å²) in [5, 5.41) is 0. The van der Waals surface area contributed by atoms with E-state index in [1.165, 1.54) is 64.2 Å². The molecule has 1 unspecified atom stereocenters. The van der Waals surface area contributed by atoms with Crippen molar-refractivity contribution in [3.8, 4) is 0 Å². The highest BCUT2D eigenvalue weighted by Gasteiger charge is 2.22. The van der Waals surface area contributed by atoms with E-state index in [1.54, 1.807) is 6.92 Å². The molecule has 0 aromatic heterocycles. The van der Waals surface area contributed by atoms with E-state index in [4.69, 9.17) is 4.74 Å². The lowest BCUT2D eigenvalue weighted by atomic mass is 9.98. The highest BCUT2D eigenvalue weighted by atomic mass is 19.1. The second kappa shape index (κ2) is 27.6. The van der Waals surface area contributed by atoms with Crippen molar-refractivity contribution >= 4 is 17.8 Å². The van der Waals surface area contributed by atoms with Crippen molar-refractivity contribution in [1.82, 2.24) is 9.80 Å². The molecule has 1 atom stereocenters. The maximum absolute atomic E-state index is 13.9. The van der Waals surface area contributed by atoms with E-state index >= 15 is 0 Å². The van der Waals surface area contributed by atoms with Crippen molar-refractivity contribution in [2.45, 2.75) is 135 Å². The smallest absolute Gasteiger partial charge is 0.366 e. The van der Waals surface area contributed by atoms with E-state index < -0.39 is 11.8 Å². The zero-order chi connectivity index (χ0) is 31.4. The number of esters is 2. The number of amides is 1. The summed E-state index contributed by atoms with van der Waals surface area (Å²) >= 11 is 0. The van der Waals surface area contributed by atoms with Gasteiger partial charge in [-0.2, -0.15) is 4.39 Å².